The number of aromatic nitrogens is 2. The van der Waals surface area contributed by atoms with Gasteiger partial charge in [0.1, 0.15) is 23.5 Å². The zero-order valence-electron chi connectivity index (χ0n) is 36.6. The summed E-state index contributed by atoms with van der Waals surface area (Å²) in [6.45, 7) is 6.49. The number of benzene rings is 4. The van der Waals surface area contributed by atoms with Gasteiger partial charge >= 0.3 is 7.60 Å². The summed E-state index contributed by atoms with van der Waals surface area (Å²) >= 11 is 11.8. The standard InChI is InChI=1S/C46H58Cl2N9O7P/c1-54-24-26-56(27-25-54)36-9-15-40-42(31-36)53-46(51-40)34-6-14-39-41(30-34)52-45(50-39)33-4-10-37(11-5-33)63-28-3-21-57(44(59)16-29-65(60,61)62)20-2-19-49-43(58)32-64-38-12-7-35(8-13-38)55(22-17-47)23-18-48/h4-15,30-31,46,51,53H,2-3,16-29,32H2,1H3,(H,49,58)(H,50,52)(H2,60,61,62). The van der Waals surface area contributed by atoms with Crippen LogP contribution in [0, 0.1) is 0 Å². The molecule has 1 atom stereocenters. The van der Waals surface area contributed by atoms with Crippen molar-refractivity contribution >= 4 is 76.4 Å². The number of fused-ring (bicyclic) bond motifs is 2. The molecule has 5 aromatic rings. The van der Waals surface area contributed by atoms with Gasteiger partial charge in [-0.25, -0.2) is 4.98 Å². The fourth-order valence-corrected chi connectivity index (χ4v) is 8.73. The number of halogens is 2. The predicted molar refractivity (Wildman–Crippen MR) is 259 cm³/mol. The van der Waals surface area contributed by atoms with Crippen molar-refractivity contribution < 1.29 is 33.4 Å². The molecule has 1 aromatic heterocycles. The largest absolute Gasteiger partial charge is 0.494 e. The summed E-state index contributed by atoms with van der Waals surface area (Å²) in [4.78, 5) is 61.0. The lowest BCUT2D eigenvalue weighted by Crippen LogP contribution is -2.44. The van der Waals surface area contributed by atoms with Gasteiger partial charge < -0.3 is 59.8 Å². The van der Waals surface area contributed by atoms with E-state index >= 15 is 0 Å². The van der Waals surface area contributed by atoms with Crippen molar-refractivity contribution in [2.75, 3.05) is 118 Å². The Labute approximate surface area is 389 Å². The highest BCUT2D eigenvalue weighted by molar-refractivity contribution is 7.51. The van der Waals surface area contributed by atoms with Crippen LogP contribution in [0.1, 0.15) is 31.0 Å². The fraction of sp³-hybridized carbons (Fsp3) is 0.413. The minimum Gasteiger partial charge on any atom is -0.494 e. The molecule has 7 rings (SSSR count). The smallest absolute Gasteiger partial charge is 0.326 e. The number of piperazine rings is 1. The number of ether oxygens (including phenoxy) is 2. The molecule has 0 spiro atoms. The maximum atomic E-state index is 13.0. The van der Waals surface area contributed by atoms with E-state index in [2.05, 4.69) is 73.0 Å². The number of nitrogens with one attached hydrogen (secondary N) is 4. The van der Waals surface area contributed by atoms with Crippen molar-refractivity contribution in [2.45, 2.75) is 25.4 Å². The molecule has 2 aliphatic rings. The third-order valence-electron chi connectivity index (χ3n) is 11.5. The molecule has 2 aliphatic heterocycles. The van der Waals surface area contributed by atoms with Gasteiger partial charge in [0.05, 0.1) is 35.2 Å². The normalized spacial score (nSPS) is 15.0. The van der Waals surface area contributed by atoms with Gasteiger partial charge in [-0.1, -0.05) is 6.07 Å². The third kappa shape index (κ3) is 13.7. The number of carbonyl (C=O) groups excluding carboxylic acids is 2. The molecule has 4 aromatic carbocycles. The number of hydrogen-bond acceptors (Lipinski definition) is 11. The first-order valence-corrected chi connectivity index (χ1v) is 24.8. The maximum absolute atomic E-state index is 13.0. The molecule has 0 aliphatic carbocycles. The van der Waals surface area contributed by atoms with Gasteiger partial charge in [-0.2, -0.15) is 0 Å². The lowest BCUT2D eigenvalue weighted by molar-refractivity contribution is -0.131. The Morgan fingerprint density at radius 3 is 2.26 bits per heavy atom. The summed E-state index contributed by atoms with van der Waals surface area (Å²) < 4.78 is 23.2. The number of aromatic amines is 1. The van der Waals surface area contributed by atoms with E-state index in [1.807, 2.05) is 42.5 Å². The Hall–Kier alpha value is -5.22. The number of imidazole rings is 1. The quantitative estimate of drug-likeness (QED) is 0.0235. The van der Waals surface area contributed by atoms with Crippen molar-refractivity contribution in [1.29, 1.82) is 0 Å². The van der Waals surface area contributed by atoms with E-state index in [0.717, 1.165) is 71.2 Å². The Morgan fingerprint density at radius 1 is 0.846 bits per heavy atom. The summed E-state index contributed by atoms with van der Waals surface area (Å²) in [5.41, 5.74) is 8.15. The number of H-pyrrole nitrogens is 1. The summed E-state index contributed by atoms with van der Waals surface area (Å²) in [5.74, 6) is 2.19. The van der Waals surface area contributed by atoms with Crippen LogP contribution in [-0.2, 0) is 14.2 Å². The zero-order chi connectivity index (χ0) is 45.8. The third-order valence-corrected chi connectivity index (χ3v) is 12.6. The molecule has 1 saturated heterocycles. The molecule has 1 unspecified atom stereocenters. The van der Waals surface area contributed by atoms with Crippen molar-refractivity contribution in [3.63, 3.8) is 0 Å². The minimum absolute atomic E-state index is 0.0687. The predicted octanol–water partition coefficient (Wildman–Crippen LogP) is 6.55. The molecule has 0 saturated carbocycles. The average molecular weight is 951 g/mol. The highest BCUT2D eigenvalue weighted by Gasteiger charge is 2.24. The van der Waals surface area contributed by atoms with E-state index in [1.54, 1.807) is 17.0 Å². The molecule has 3 heterocycles. The first-order chi connectivity index (χ1) is 31.4. The molecule has 1 fully saturated rings. The number of nitrogens with zero attached hydrogens (tertiary/aromatic N) is 5. The Morgan fingerprint density at radius 2 is 1.54 bits per heavy atom. The van der Waals surface area contributed by atoms with Crippen LogP contribution in [0.5, 0.6) is 11.5 Å². The minimum atomic E-state index is -4.35. The van der Waals surface area contributed by atoms with Gasteiger partial charge in [0.15, 0.2) is 6.61 Å². The van der Waals surface area contributed by atoms with Crippen LogP contribution < -0.4 is 35.2 Å². The number of anilines is 4. The van der Waals surface area contributed by atoms with Crippen molar-refractivity contribution in [1.82, 2.24) is 25.1 Å². The Bertz CT molecular complexity index is 2390. The number of carbonyl (C=O) groups is 2. The highest BCUT2D eigenvalue weighted by atomic mass is 35.5. The Balaban J connectivity index is 0.853. The molecule has 0 bridgehead atoms. The van der Waals surface area contributed by atoms with E-state index < -0.39 is 13.8 Å². The van der Waals surface area contributed by atoms with Gasteiger partial charge in [-0.3, -0.25) is 14.2 Å². The molecule has 16 nitrogen and oxygen atoms in total. The maximum Gasteiger partial charge on any atom is 0.326 e. The summed E-state index contributed by atoms with van der Waals surface area (Å²) in [6, 6.07) is 27.8. The van der Waals surface area contributed by atoms with E-state index in [-0.39, 0.29) is 44.1 Å². The Kier molecular flexibility index (Phi) is 16.7. The van der Waals surface area contributed by atoms with Crippen LogP contribution in [0.2, 0.25) is 0 Å². The van der Waals surface area contributed by atoms with Crippen molar-refractivity contribution in [3.05, 3.63) is 90.5 Å². The number of hydrogen-bond donors (Lipinski definition) is 6. The number of amides is 2. The van der Waals surface area contributed by atoms with Crippen LogP contribution in [0.25, 0.3) is 22.4 Å². The van der Waals surface area contributed by atoms with Crippen LogP contribution in [0.4, 0.5) is 22.7 Å². The van der Waals surface area contributed by atoms with Gasteiger partial charge in [0, 0.05) is 94.0 Å². The second-order valence-corrected chi connectivity index (χ2v) is 18.7. The van der Waals surface area contributed by atoms with E-state index in [4.69, 9.17) is 37.7 Å². The van der Waals surface area contributed by atoms with Crippen LogP contribution in [-0.4, -0.2) is 138 Å². The first-order valence-electron chi connectivity index (χ1n) is 22.0. The topological polar surface area (TPSA) is 188 Å². The van der Waals surface area contributed by atoms with E-state index in [9.17, 15) is 23.9 Å². The van der Waals surface area contributed by atoms with Crippen molar-refractivity contribution in [2.24, 2.45) is 0 Å². The molecule has 348 valence electrons. The summed E-state index contributed by atoms with van der Waals surface area (Å²) in [5, 5.41) is 10.1. The fourth-order valence-electron chi connectivity index (χ4n) is 7.84. The highest BCUT2D eigenvalue weighted by Crippen LogP contribution is 2.39. The molecule has 0 radical (unpaired) electrons. The zero-order valence-corrected chi connectivity index (χ0v) is 39.0. The van der Waals surface area contributed by atoms with Crippen LogP contribution in [0.3, 0.4) is 0 Å². The molecule has 6 N–H and O–H groups in total. The number of likely N-dealkylation sites (N-methyl/N-ethyl adjacent to an activating group) is 1. The first kappa shape index (κ1) is 47.7. The SMILES string of the molecule is CN1CCN(c2ccc3c(c2)NC(c2ccc4nc(-c5ccc(OCCCN(CCCNC(=O)COc6ccc(N(CCCl)CCCl)cc6)C(=O)CCP(=O)(O)O)cc5)[nH]c4c2)N3)CC1. The van der Waals surface area contributed by atoms with Gasteiger partial charge in [0.2, 0.25) is 5.91 Å². The van der Waals surface area contributed by atoms with Gasteiger partial charge in [-0.05, 0) is 104 Å². The molecule has 2 amide bonds. The van der Waals surface area contributed by atoms with Crippen molar-refractivity contribution in [3.8, 4) is 22.9 Å². The van der Waals surface area contributed by atoms with Gasteiger partial charge in [-0.15, -0.1) is 23.2 Å². The van der Waals surface area contributed by atoms with Crippen LogP contribution in [0.15, 0.2) is 84.9 Å². The molecular formula is C46H58Cl2N9O7P. The molecule has 65 heavy (non-hydrogen) atoms. The lowest BCUT2D eigenvalue weighted by Gasteiger charge is -2.34. The summed E-state index contributed by atoms with van der Waals surface area (Å²) in [6.07, 6.45) is 0.0279. The molecular weight excluding hydrogens is 892 g/mol. The average Bonchev–Trinajstić information content (AvgIpc) is 3.94. The second kappa shape index (κ2) is 22.8. The summed E-state index contributed by atoms with van der Waals surface area (Å²) in [7, 11) is -2.19. The number of rotatable bonds is 23. The second-order valence-electron chi connectivity index (χ2n) is 16.2. The number of alkyl halides is 2. The van der Waals surface area contributed by atoms with Gasteiger partial charge in [0.25, 0.3) is 5.91 Å². The van der Waals surface area contributed by atoms with E-state index in [0.29, 0.717) is 62.3 Å². The monoisotopic (exact) mass is 949 g/mol. The lowest BCUT2D eigenvalue weighted by atomic mass is 10.1. The molecule has 19 heteroatoms. The van der Waals surface area contributed by atoms with Crippen LogP contribution >= 0.6 is 30.8 Å². The van der Waals surface area contributed by atoms with E-state index in [1.165, 1.54) is 5.69 Å².